The van der Waals surface area contributed by atoms with Crippen LogP contribution in [0.5, 0.6) is 0 Å². The first-order valence-corrected chi connectivity index (χ1v) is 7.01. The molecular formula is C16H22N2O2. The fourth-order valence-electron chi connectivity index (χ4n) is 2.63. The number of pyridine rings is 1. The minimum absolute atomic E-state index is 0.00410. The lowest BCUT2D eigenvalue weighted by molar-refractivity contribution is -0.129. The highest BCUT2D eigenvalue weighted by Crippen LogP contribution is 2.47. The van der Waals surface area contributed by atoms with Gasteiger partial charge in [0.05, 0.1) is 6.04 Å². The lowest BCUT2D eigenvalue weighted by Gasteiger charge is -2.29. The molecule has 1 aliphatic carbocycles. The van der Waals surface area contributed by atoms with Crippen LogP contribution in [0.4, 0.5) is 0 Å². The molecule has 4 heteroatoms. The molecule has 1 aromatic rings. The highest BCUT2D eigenvalue weighted by molar-refractivity contribution is 5.90. The fourth-order valence-corrected chi connectivity index (χ4v) is 2.63. The highest BCUT2D eigenvalue weighted by atomic mass is 16.2. The van der Waals surface area contributed by atoms with E-state index in [0.717, 1.165) is 12.0 Å². The number of Topliss-reactive ketones (excluding diaryl/α,β-unsaturated/α-hetero) is 1. The van der Waals surface area contributed by atoms with Gasteiger partial charge >= 0.3 is 0 Å². The van der Waals surface area contributed by atoms with Crippen molar-refractivity contribution in [2.24, 2.45) is 11.3 Å². The lowest BCUT2D eigenvalue weighted by atomic mass is 9.84. The Morgan fingerprint density at radius 3 is 2.60 bits per heavy atom. The maximum Gasteiger partial charge on any atom is 0.224 e. The lowest BCUT2D eigenvalue weighted by Crippen LogP contribution is -2.48. The number of rotatable bonds is 4. The number of ketones is 1. The molecule has 20 heavy (non-hydrogen) atoms. The number of hydrogen-bond donors (Lipinski definition) is 1. The summed E-state index contributed by atoms with van der Waals surface area (Å²) < 4.78 is 0. The summed E-state index contributed by atoms with van der Waals surface area (Å²) in [6, 6.07) is 3.46. The van der Waals surface area contributed by atoms with Gasteiger partial charge in [-0.2, -0.15) is 0 Å². The van der Waals surface area contributed by atoms with Crippen molar-refractivity contribution in [2.75, 3.05) is 0 Å². The molecular weight excluding hydrogens is 252 g/mol. The molecule has 1 aliphatic rings. The molecule has 1 unspecified atom stereocenters. The van der Waals surface area contributed by atoms with Crippen molar-refractivity contribution >= 4 is 11.7 Å². The zero-order valence-electron chi connectivity index (χ0n) is 12.5. The number of nitrogens with zero attached hydrogens (tertiary/aromatic N) is 1. The molecule has 108 valence electrons. The number of hydrogen-bond acceptors (Lipinski definition) is 3. The number of carbonyl (C=O) groups excluding carboxylic acids is 2. The van der Waals surface area contributed by atoms with Crippen LogP contribution in [0.25, 0.3) is 0 Å². The topological polar surface area (TPSA) is 59.1 Å². The molecule has 0 spiro atoms. The van der Waals surface area contributed by atoms with Gasteiger partial charge in [-0.15, -0.1) is 0 Å². The van der Waals surface area contributed by atoms with E-state index in [-0.39, 0.29) is 28.9 Å². The number of carbonyl (C=O) groups is 2. The van der Waals surface area contributed by atoms with E-state index >= 15 is 0 Å². The largest absolute Gasteiger partial charge is 0.346 e. The molecule has 0 aliphatic heterocycles. The van der Waals surface area contributed by atoms with Gasteiger partial charge in [0.2, 0.25) is 5.91 Å². The van der Waals surface area contributed by atoms with Crippen molar-refractivity contribution in [2.45, 2.75) is 46.1 Å². The maximum atomic E-state index is 12.3. The molecule has 0 radical (unpaired) electrons. The molecule has 1 N–H and O–H groups in total. The summed E-state index contributed by atoms with van der Waals surface area (Å²) >= 11 is 0. The predicted octanol–water partition coefficient (Wildman–Crippen LogP) is 2.30. The van der Waals surface area contributed by atoms with Crippen LogP contribution < -0.4 is 5.32 Å². The molecule has 1 aromatic heterocycles. The molecule has 4 nitrogen and oxygen atoms in total. The minimum atomic E-state index is -0.426. The first kappa shape index (κ1) is 14.7. The van der Waals surface area contributed by atoms with E-state index in [4.69, 9.17) is 0 Å². The maximum absolute atomic E-state index is 12.3. The van der Waals surface area contributed by atoms with E-state index in [2.05, 4.69) is 10.3 Å². The third-order valence-corrected chi connectivity index (χ3v) is 3.80. The van der Waals surface area contributed by atoms with Gasteiger partial charge in [-0.25, -0.2) is 0 Å². The summed E-state index contributed by atoms with van der Waals surface area (Å²) in [5.41, 5.74) is 0.836. The van der Waals surface area contributed by atoms with Gasteiger partial charge in [-0.05, 0) is 36.3 Å². The fraction of sp³-hybridized carbons (Fsp3) is 0.562. The van der Waals surface area contributed by atoms with Crippen molar-refractivity contribution in [1.82, 2.24) is 10.3 Å². The van der Waals surface area contributed by atoms with Crippen LogP contribution in [0.1, 0.15) is 45.6 Å². The quantitative estimate of drug-likeness (QED) is 0.916. The first-order valence-electron chi connectivity index (χ1n) is 7.01. The Kier molecular flexibility index (Phi) is 3.93. The van der Waals surface area contributed by atoms with Gasteiger partial charge in [0.1, 0.15) is 0 Å². The van der Waals surface area contributed by atoms with Gasteiger partial charge in [-0.1, -0.05) is 26.8 Å². The Morgan fingerprint density at radius 1 is 1.40 bits per heavy atom. The molecule has 3 atom stereocenters. The van der Waals surface area contributed by atoms with Crippen LogP contribution in [0.2, 0.25) is 0 Å². The van der Waals surface area contributed by atoms with Gasteiger partial charge < -0.3 is 5.32 Å². The monoisotopic (exact) mass is 274 g/mol. The molecule has 1 fully saturated rings. The van der Waals surface area contributed by atoms with E-state index in [1.54, 1.807) is 6.20 Å². The van der Waals surface area contributed by atoms with E-state index < -0.39 is 6.04 Å². The number of aromatic nitrogens is 1. The molecule has 1 saturated carbocycles. The highest BCUT2D eigenvalue weighted by Gasteiger charge is 2.45. The summed E-state index contributed by atoms with van der Waals surface area (Å²) in [6.07, 6.45) is 4.38. The van der Waals surface area contributed by atoms with Crippen molar-refractivity contribution in [1.29, 1.82) is 0 Å². The van der Waals surface area contributed by atoms with Crippen LogP contribution in [0.15, 0.2) is 24.5 Å². The summed E-state index contributed by atoms with van der Waals surface area (Å²) in [7, 11) is 0. The van der Waals surface area contributed by atoms with Crippen LogP contribution in [-0.2, 0) is 9.59 Å². The number of nitrogens with one attached hydrogen (secondary N) is 1. The van der Waals surface area contributed by atoms with Gasteiger partial charge in [0, 0.05) is 18.3 Å². The van der Waals surface area contributed by atoms with E-state index in [1.807, 2.05) is 39.1 Å². The van der Waals surface area contributed by atoms with Gasteiger partial charge in [0.15, 0.2) is 5.78 Å². The van der Waals surface area contributed by atoms with Crippen LogP contribution in [0.3, 0.4) is 0 Å². The summed E-state index contributed by atoms with van der Waals surface area (Å²) in [4.78, 5) is 28.0. The van der Waals surface area contributed by atoms with Crippen molar-refractivity contribution < 1.29 is 9.59 Å². The van der Waals surface area contributed by atoms with Crippen LogP contribution in [-0.4, -0.2) is 22.7 Å². The second-order valence-corrected chi connectivity index (χ2v) is 6.65. The molecule has 0 bridgehead atoms. The van der Waals surface area contributed by atoms with Crippen molar-refractivity contribution in [3.05, 3.63) is 30.1 Å². The average Bonchev–Trinajstić information content (AvgIpc) is 3.15. The SMILES string of the molecule is CC(=O)[C@@H](NC(=O)[C@@H]1CC1c1cccnc1)C(C)(C)C. The second-order valence-electron chi connectivity index (χ2n) is 6.65. The molecule has 1 amide bonds. The van der Waals surface area contributed by atoms with Crippen molar-refractivity contribution in [3.8, 4) is 0 Å². The molecule has 0 aromatic carbocycles. The van der Waals surface area contributed by atoms with Crippen LogP contribution in [0, 0.1) is 11.3 Å². The standard InChI is InChI=1S/C16H22N2O2/c1-10(19)14(16(2,3)4)18-15(20)13-8-12(13)11-6-5-7-17-9-11/h5-7,9,12-14H,8H2,1-4H3,(H,18,20)/t12?,13-,14-/m1/s1. The van der Waals surface area contributed by atoms with Gasteiger partial charge in [-0.3, -0.25) is 14.6 Å². The normalized spacial score (nSPS) is 23.0. The minimum Gasteiger partial charge on any atom is -0.346 e. The smallest absolute Gasteiger partial charge is 0.224 e. The van der Waals surface area contributed by atoms with Crippen LogP contribution >= 0.6 is 0 Å². The van der Waals surface area contributed by atoms with E-state index in [9.17, 15) is 9.59 Å². The first-order chi connectivity index (χ1) is 9.30. The predicted molar refractivity (Wildman–Crippen MR) is 77.2 cm³/mol. The third-order valence-electron chi connectivity index (χ3n) is 3.80. The molecule has 0 saturated heterocycles. The zero-order chi connectivity index (χ0) is 14.9. The summed E-state index contributed by atoms with van der Waals surface area (Å²) in [6.45, 7) is 7.42. The third kappa shape index (κ3) is 3.24. The van der Waals surface area contributed by atoms with Crippen molar-refractivity contribution in [3.63, 3.8) is 0 Å². The average molecular weight is 274 g/mol. The Bertz CT molecular complexity index is 505. The number of amides is 1. The Morgan fingerprint density at radius 2 is 2.10 bits per heavy atom. The zero-order valence-corrected chi connectivity index (χ0v) is 12.5. The Hall–Kier alpha value is -1.71. The molecule has 1 heterocycles. The second kappa shape index (κ2) is 5.35. The van der Waals surface area contributed by atoms with Gasteiger partial charge in [0.25, 0.3) is 0 Å². The van der Waals surface area contributed by atoms with E-state index in [1.165, 1.54) is 6.92 Å². The van der Waals surface area contributed by atoms with E-state index in [0.29, 0.717) is 0 Å². The molecule has 2 rings (SSSR count). The Labute approximate surface area is 120 Å². The summed E-state index contributed by atoms with van der Waals surface area (Å²) in [5, 5.41) is 2.91. The summed E-state index contributed by atoms with van der Waals surface area (Å²) in [5.74, 6) is 0.207. The Balaban J connectivity index is 1.99.